The molecule has 0 saturated heterocycles. The fraction of sp³-hybridized carbons (Fsp3) is 0.750. The van der Waals surface area contributed by atoms with E-state index in [4.69, 9.17) is 20.5 Å². The standard InChI is InChI=1S/C8H21ClO2Si3/c1-13(2,3)10-7(9)8(12)11-14(4,5)6/h1-6,12H3. The summed E-state index contributed by atoms with van der Waals surface area (Å²) < 4.78 is 11.5. The van der Waals surface area contributed by atoms with Crippen LogP contribution >= 0.6 is 11.6 Å². The zero-order chi connectivity index (χ0) is 11.6. The molecular formula is C8H21ClO2Si3. The van der Waals surface area contributed by atoms with Gasteiger partial charge in [0, 0.05) is 0 Å². The van der Waals surface area contributed by atoms with Gasteiger partial charge in [-0.1, -0.05) is 0 Å². The van der Waals surface area contributed by atoms with Crippen molar-refractivity contribution >= 4 is 38.5 Å². The second-order valence-corrected chi connectivity index (χ2v) is 15.4. The van der Waals surface area contributed by atoms with E-state index in [2.05, 4.69) is 39.3 Å². The van der Waals surface area contributed by atoms with Crippen molar-refractivity contribution in [1.82, 2.24) is 0 Å². The van der Waals surface area contributed by atoms with E-state index in [1.54, 1.807) is 0 Å². The van der Waals surface area contributed by atoms with E-state index in [1.807, 2.05) is 0 Å². The van der Waals surface area contributed by atoms with Crippen LogP contribution in [0.1, 0.15) is 0 Å². The van der Waals surface area contributed by atoms with Gasteiger partial charge in [0.15, 0.2) is 0 Å². The highest BCUT2D eigenvalue weighted by molar-refractivity contribution is 6.71. The number of halogens is 1. The van der Waals surface area contributed by atoms with Crippen LogP contribution in [0.2, 0.25) is 39.3 Å². The Morgan fingerprint density at radius 2 is 1.29 bits per heavy atom. The van der Waals surface area contributed by atoms with Gasteiger partial charge in [0.1, 0.15) is 0 Å². The van der Waals surface area contributed by atoms with E-state index in [9.17, 15) is 0 Å². The SMILES string of the molecule is C[Si](C)(C)OC([SiH3])=C(Cl)O[Si](C)(C)C. The Bertz CT molecular complexity index is 204. The molecule has 0 aliphatic rings. The van der Waals surface area contributed by atoms with Gasteiger partial charge in [-0.25, -0.2) is 0 Å². The van der Waals surface area contributed by atoms with E-state index in [0.717, 1.165) is 15.6 Å². The third-order valence-electron chi connectivity index (χ3n) is 1.13. The van der Waals surface area contributed by atoms with E-state index < -0.39 is 16.6 Å². The monoisotopic (exact) mass is 268 g/mol. The van der Waals surface area contributed by atoms with E-state index in [-0.39, 0.29) is 0 Å². The highest BCUT2D eigenvalue weighted by Crippen LogP contribution is 2.19. The van der Waals surface area contributed by atoms with Gasteiger partial charge in [-0.3, -0.25) is 0 Å². The molecule has 0 aliphatic carbocycles. The highest BCUT2D eigenvalue weighted by atomic mass is 35.5. The van der Waals surface area contributed by atoms with Crippen LogP contribution in [-0.4, -0.2) is 26.9 Å². The van der Waals surface area contributed by atoms with Crippen LogP contribution in [0.25, 0.3) is 0 Å². The first-order valence-electron chi connectivity index (χ1n) is 4.76. The summed E-state index contributed by atoms with van der Waals surface area (Å²) in [4.78, 5) is 0. The third kappa shape index (κ3) is 7.66. The molecule has 0 saturated carbocycles. The molecule has 84 valence electrons. The molecule has 0 rings (SSSR count). The van der Waals surface area contributed by atoms with Gasteiger partial charge in [-0.05, 0) is 50.9 Å². The molecule has 0 bridgehead atoms. The molecule has 0 spiro atoms. The molecule has 0 amide bonds. The van der Waals surface area contributed by atoms with Crippen LogP contribution in [0.5, 0.6) is 0 Å². The van der Waals surface area contributed by atoms with Gasteiger partial charge in [0.2, 0.25) is 21.9 Å². The number of hydrogen-bond acceptors (Lipinski definition) is 2. The van der Waals surface area contributed by atoms with E-state index in [1.165, 1.54) is 0 Å². The first kappa shape index (κ1) is 14.3. The summed E-state index contributed by atoms with van der Waals surface area (Å²) in [6, 6.07) is 0. The minimum Gasteiger partial charge on any atom is -0.548 e. The molecule has 0 aromatic carbocycles. The Labute approximate surface area is 97.3 Å². The smallest absolute Gasteiger partial charge is 0.243 e. The summed E-state index contributed by atoms with van der Waals surface area (Å²) in [5.41, 5.74) is 0. The van der Waals surface area contributed by atoms with Crippen LogP contribution in [0, 0.1) is 0 Å². The Balaban J connectivity index is 4.45. The summed E-state index contributed by atoms with van der Waals surface area (Å²) in [5.74, 6) is 0. The lowest BCUT2D eigenvalue weighted by molar-refractivity contribution is 0.391. The fourth-order valence-electron chi connectivity index (χ4n) is 0.840. The lowest BCUT2D eigenvalue weighted by Gasteiger charge is -2.24. The summed E-state index contributed by atoms with van der Waals surface area (Å²) >= 11 is 6.05. The van der Waals surface area contributed by atoms with Crippen LogP contribution in [-0.2, 0) is 8.85 Å². The van der Waals surface area contributed by atoms with Crippen molar-refractivity contribution in [3.63, 3.8) is 0 Å². The molecule has 0 heterocycles. The van der Waals surface area contributed by atoms with Crippen molar-refractivity contribution in [3.8, 4) is 0 Å². The number of hydrogen-bond donors (Lipinski definition) is 0. The quantitative estimate of drug-likeness (QED) is 0.576. The Hall–Kier alpha value is 0.281. The molecule has 0 aromatic heterocycles. The molecule has 0 radical (unpaired) electrons. The average molecular weight is 269 g/mol. The van der Waals surface area contributed by atoms with Gasteiger partial charge < -0.3 is 8.85 Å². The predicted molar refractivity (Wildman–Crippen MR) is 71.7 cm³/mol. The van der Waals surface area contributed by atoms with E-state index >= 15 is 0 Å². The van der Waals surface area contributed by atoms with Gasteiger partial charge in [0.05, 0.1) is 15.6 Å². The summed E-state index contributed by atoms with van der Waals surface area (Å²) in [6.07, 6.45) is 0. The van der Waals surface area contributed by atoms with Crippen molar-refractivity contribution in [3.05, 3.63) is 10.6 Å². The van der Waals surface area contributed by atoms with Crippen LogP contribution in [0.3, 0.4) is 0 Å². The second kappa shape index (κ2) is 4.87. The summed E-state index contributed by atoms with van der Waals surface area (Å²) in [5, 5.41) is 1.34. The number of rotatable bonds is 4. The molecule has 0 unspecified atom stereocenters. The largest absolute Gasteiger partial charge is 0.548 e. The Kier molecular flexibility index (Phi) is 4.97. The summed E-state index contributed by atoms with van der Waals surface area (Å²) in [6.45, 7) is 12.8. The Morgan fingerprint density at radius 1 is 0.929 bits per heavy atom. The minimum atomic E-state index is -1.59. The molecule has 2 nitrogen and oxygen atoms in total. The minimum absolute atomic E-state index is 0.484. The zero-order valence-corrected chi connectivity index (χ0v) is 15.0. The maximum atomic E-state index is 6.05. The molecule has 14 heavy (non-hydrogen) atoms. The average Bonchev–Trinajstić information content (AvgIpc) is 1.78. The molecule has 0 aliphatic heterocycles. The van der Waals surface area contributed by atoms with E-state index in [0.29, 0.717) is 5.22 Å². The van der Waals surface area contributed by atoms with Gasteiger partial charge in [-0.2, -0.15) is 0 Å². The van der Waals surface area contributed by atoms with Crippen molar-refractivity contribution in [1.29, 1.82) is 0 Å². The molecular weight excluding hydrogens is 248 g/mol. The summed E-state index contributed by atoms with van der Waals surface area (Å²) in [7, 11) is -2.32. The third-order valence-corrected chi connectivity index (χ3v) is 4.72. The van der Waals surface area contributed by atoms with Crippen LogP contribution < -0.4 is 0 Å². The molecule has 0 aromatic rings. The van der Waals surface area contributed by atoms with Crippen molar-refractivity contribution in [2.24, 2.45) is 0 Å². The maximum absolute atomic E-state index is 6.05. The fourth-order valence-corrected chi connectivity index (χ4v) is 5.47. The van der Waals surface area contributed by atoms with Crippen molar-refractivity contribution in [2.45, 2.75) is 39.3 Å². The normalized spacial score (nSPS) is 15.1. The van der Waals surface area contributed by atoms with Gasteiger partial charge >= 0.3 is 0 Å². The van der Waals surface area contributed by atoms with Crippen molar-refractivity contribution < 1.29 is 8.85 Å². The first-order valence-corrected chi connectivity index (χ1v) is 12.9. The zero-order valence-electron chi connectivity index (χ0n) is 10.2. The lowest BCUT2D eigenvalue weighted by atomic mass is 11.0. The molecule has 0 fully saturated rings. The molecule has 6 heteroatoms. The highest BCUT2D eigenvalue weighted by Gasteiger charge is 2.21. The topological polar surface area (TPSA) is 18.5 Å². The van der Waals surface area contributed by atoms with Crippen LogP contribution in [0.4, 0.5) is 0 Å². The predicted octanol–water partition coefficient (Wildman–Crippen LogP) is 2.42. The molecule has 0 N–H and O–H groups in total. The first-order chi connectivity index (χ1) is 6.01. The van der Waals surface area contributed by atoms with Crippen molar-refractivity contribution in [2.75, 3.05) is 0 Å². The van der Waals surface area contributed by atoms with Gasteiger partial charge in [-0.15, -0.1) is 0 Å². The lowest BCUT2D eigenvalue weighted by Crippen LogP contribution is -2.28. The second-order valence-electron chi connectivity index (χ2n) is 5.26. The van der Waals surface area contributed by atoms with Gasteiger partial charge in [0.25, 0.3) is 0 Å². The van der Waals surface area contributed by atoms with Crippen LogP contribution in [0.15, 0.2) is 10.6 Å². The Morgan fingerprint density at radius 3 is 1.57 bits per heavy atom. The molecule has 0 atom stereocenters. The maximum Gasteiger partial charge on any atom is 0.243 e.